The standard InChI is InChI=1S/C16H29NO4/c1-15(2,3)20-10-8-12-11-17(9-7-13(12)18)14(19)21-16(4,5)6/h12H,7-11H2,1-6H3. The number of ether oxygens (including phenoxy) is 2. The van der Waals surface area contributed by atoms with E-state index in [2.05, 4.69) is 0 Å². The molecule has 1 unspecified atom stereocenters. The fraction of sp³-hybridized carbons (Fsp3) is 0.875. The van der Waals surface area contributed by atoms with Crippen LogP contribution in [0.4, 0.5) is 4.79 Å². The van der Waals surface area contributed by atoms with Gasteiger partial charge in [-0.25, -0.2) is 4.79 Å². The maximum atomic E-state index is 12.1. The van der Waals surface area contributed by atoms with Gasteiger partial charge >= 0.3 is 6.09 Å². The molecule has 0 aromatic rings. The summed E-state index contributed by atoms with van der Waals surface area (Å²) in [5.41, 5.74) is -0.716. The molecule has 1 amide bonds. The molecule has 122 valence electrons. The topological polar surface area (TPSA) is 55.8 Å². The lowest BCUT2D eigenvalue weighted by Gasteiger charge is -2.33. The highest BCUT2D eigenvalue weighted by atomic mass is 16.6. The summed E-state index contributed by atoms with van der Waals surface area (Å²) in [5.74, 6) is 0.0703. The summed E-state index contributed by atoms with van der Waals surface area (Å²) in [7, 11) is 0. The van der Waals surface area contributed by atoms with Crippen molar-refractivity contribution in [1.82, 2.24) is 4.90 Å². The molecule has 1 atom stereocenters. The van der Waals surface area contributed by atoms with Gasteiger partial charge in [0.1, 0.15) is 11.4 Å². The highest BCUT2D eigenvalue weighted by Crippen LogP contribution is 2.20. The lowest BCUT2D eigenvalue weighted by atomic mass is 9.94. The smallest absolute Gasteiger partial charge is 0.410 e. The van der Waals surface area contributed by atoms with E-state index in [9.17, 15) is 9.59 Å². The Morgan fingerprint density at radius 3 is 2.33 bits per heavy atom. The van der Waals surface area contributed by atoms with E-state index in [0.29, 0.717) is 32.5 Å². The molecule has 1 aliphatic heterocycles. The number of amides is 1. The van der Waals surface area contributed by atoms with Gasteiger partial charge in [-0.2, -0.15) is 0 Å². The Morgan fingerprint density at radius 1 is 1.19 bits per heavy atom. The number of Topliss-reactive ketones (excluding diaryl/α,β-unsaturated/α-hetero) is 1. The Morgan fingerprint density at radius 2 is 1.81 bits per heavy atom. The highest BCUT2D eigenvalue weighted by molar-refractivity contribution is 5.84. The molecule has 1 saturated heterocycles. The van der Waals surface area contributed by atoms with Gasteiger partial charge < -0.3 is 14.4 Å². The van der Waals surface area contributed by atoms with E-state index in [1.807, 2.05) is 41.5 Å². The van der Waals surface area contributed by atoms with E-state index >= 15 is 0 Å². The first-order valence-corrected chi connectivity index (χ1v) is 7.62. The molecule has 1 rings (SSSR count). The van der Waals surface area contributed by atoms with Crippen molar-refractivity contribution in [2.75, 3.05) is 19.7 Å². The van der Waals surface area contributed by atoms with Gasteiger partial charge in [-0.3, -0.25) is 4.79 Å². The lowest BCUT2D eigenvalue weighted by Crippen LogP contribution is -2.46. The zero-order valence-electron chi connectivity index (χ0n) is 14.2. The number of ketones is 1. The molecule has 0 aromatic carbocycles. The Hall–Kier alpha value is -1.10. The Bertz CT molecular complexity index is 379. The summed E-state index contributed by atoms with van der Waals surface area (Å²) in [6.45, 7) is 12.9. The predicted molar refractivity (Wildman–Crippen MR) is 81.2 cm³/mol. The molecule has 1 aliphatic rings. The first-order chi connectivity index (χ1) is 9.48. The van der Waals surface area contributed by atoms with Crippen LogP contribution in [-0.4, -0.2) is 47.7 Å². The molecule has 0 aliphatic carbocycles. The fourth-order valence-corrected chi connectivity index (χ4v) is 2.16. The zero-order chi connectivity index (χ0) is 16.3. The van der Waals surface area contributed by atoms with Crippen molar-refractivity contribution in [1.29, 1.82) is 0 Å². The van der Waals surface area contributed by atoms with Crippen LogP contribution in [0.15, 0.2) is 0 Å². The number of hydrogen-bond donors (Lipinski definition) is 0. The SMILES string of the molecule is CC(C)(C)OCCC1CN(C(=O)OC(C)(C)C)CCC1=O. The van der Waals surface area contributed by atoms with Crippen molar-refractivity contribution < 1.29 is 19.1 Å². The van der Waals surface area contributed by atoms with Crippen LogP contribution in [-0.2, 0) is 14.3 Å². The molecule has 1 fully saturated rings. The number of carbonyl (C=O) groups excluding carboxylic acids is 2. The number of piperidine rings is 1. The van der Waals surface area contributed by atoms with Crippen LogP contribution < -0.4 is 0 Å². The predicted octanol–water partition coefficient (Wildman–Crippen LogP) is 3.02. The highest BCUT2D eigenvalue weighted by Gasteiger charge is 2.32. The van der Waals surface area contributed by atoms with E-state index in [0.717, 1.165) is 0 Å². The van der Waals surface area contributed by atoms with Crippen molar-refractivity contribution in [3.63, 3.8) is 0 Å². The third-order valence-electron chi connectivity index (χ3n) is 3.18. The largest absolute Gasteiger partial charge is 0.444 e. The molecular weight excluding hydrogens is 270 g/mol. The van der Waals surface area contributed by atoms with Crippen LogP contribution in [0.2, 0.25) is 0 Å². The fourth-order valence-electron chi connectivity index (χ4n) is 2.16. The molecule has 0 radical (unpaired) electrons. The van der Waals surface area contributed by atoms with E-state index in [1.54, 1.807) is 4.90 Å². The van der Waals surface area contributed by atoms with E-state index < -0.39 is 5.60 Å². The Kier molecular flexibility index (Phi) is 5.79. The van der Waals surface area contributed by atoms with Crippen LogP contribution in [0.25, 0.3) is 0 Å². The molecule has 0 spiro atoms. The maximum absolute atomic E-state index is 12.1. The lowest BCUT2D eigenvalue weighted by molar-refractivity contribution is -0.127. The number of hydrogen-bond acceptors (Lipinski definition) is 4. The van der Waals surface area contributed by atoms with Gasteiger partial charge in [0.15, 0.2) is 0 Å². The molecule has 0 aromatic heterocycles. The summed E-state index contributed by atoms with van der Waals surface area (Å²) in [6.07, 6.45) is 0.714. The summed E-state index contributed by atoms with van der Waals surface area (Å²) >= 11 is 0. The maximum Gasteiger partial charge on any atom is 0.410 e. The van der Waals surface area contributed by atoms with E-state index in [1.165, 1.54) is 0 Å². The van der Waals surface area contributed by atoms with Crippen molar-refractivity contribution in [2.45, 2.75) is 65.6 Å². The number of likely N-dealkylation sites (tertiary alicyclic amines) is 1. The normalized spacial score (nSPS) is 20.6. The Balaban J connectivity index is 2.50. The quantitative estimate of drug-likeness (QED) is 0.804. The molecule has 21 heavy (non-hydrogen) atoms. The summed E-state index contributed by atoms with van der Waals surface area (Å²) in [6, 6.07) is 0. The number of rotatable bonds is 3. The first-order valence-electron chi connectivity index (χ1n) is 7.62. The summed E-state index contributed by atoms with van der Waals surface area (Å²) < 4.78 is 11.0. The molecular formula is C16H29NO4. The average Bonchev–Trinajstić information content (AvgIpc) is 2.27. The van der Waals surface area contributed by atoms with Crippen molar-refractivity contribution in [3.05, 3.63) is 0 Å². The molecule has 5 nitrogen and oxygen atoms in total. The van der Waals surface area contributed by atoms with Crippen LogP contribution >= 0.6 is 0 Å². The second-order valence-electron chi connectivity index (χ2n) is 7.59. The second kappa shape index (κ2) is 6.77. The van der Waals surface area contributed by atoms with Crippen LogP contribution in [0, 0.1) is 5.92 Å². The number of nitrogens with zero attached hydrogens (tertiary/aromatic N) is 1. The van der Waals surface area contributed by atoms with Crippen LogP contribution in [0.5, 0.6) is 0 Å². The molecule has 1 heterocycles. The molecule has 0 saturated carbocycles. The van der Waals surface area contributed by atoms with E-state index in [-0.39, 0.29) is 23.4 Å². The second-order valence-corrected chi connectivity index (χ2v) is 7.59. The average molecular weight is 299 g/mol. The zero-order valence-corrected chi connectivity index (χ0v) is 14.2. The number of carbonyl (C=O) groups is 2. The van der Waals surface area contributed by atoms with Gasteiger partial charge in [-0.15, -0.1) is 0 Å². The van der Waals surface area contributed by atoms with E-state index in [4.69, 9.17) is 9.47 Å². The van der Waals surface area contributed by atoms with Crippen molar-refractivity contribution in [3.8, 4) is 0 Å². The monoisotopic (exact) mass is 299 g/mol. The van der Waals surface area contributed by atoms with Crippen molar-refractivity contribution >= 4 is 11.9 Å². The van der Waals surface area contributed by atoms with Gasteiger partial charge in [0.25, 0.3) is 0 Å². The van der Waals surface area contributed by atoms with Gasteiger partial charge in [-0.05, 0) is 48.0 Å². The van der Waals surface area contributed by atoms with Crippen LogP contribution in [0.3, 0.4) is 0 Å². The minimum absolute atomic E-state index is 0.145. The summed E-state index contributed by atoms with van der Waals surface area (Å²) in [4.78, 5) is 25.7. The Labute approximate surface area is 128 Å². The minimum atomic E-state index is -0.511. The summed E-state index contributed by atoms with van der Waals surface area (Å²) in [5, 5.41) is 0. The third-order valence-corrected chi connectivity index (χ3v) is 3.18. The van der Waals surface area contributed by atoms with Crippen LogP contribution in [0.1, 0.15) is 54.4 Å². The third kappa shape index (κ3) is 6.93. The molecule has 0 bridgehead atoms. The first kappa shape index (κ1) is 18.0. The van der Waals surface area contributed by atoms with Crippen molar-refractivity contribution in [2.24, 2.45) is 5.92 Å². The van der Waals surface area contributed by atoms with Gasteiger partial charge in [0, 0.05) is 32.0 Å². The van der Waals surface area contributed by atoms with Gasteiger partial charge in [0.05, 0.1) is 5.60 Å². The van der Waals surface area contributed by atoms with Gasteiger partial charge in [-0.1, -0.05) is 0 Å². The minimum Gasteiger partial charge on any atom is -0.444 e. The van der Waals surface area contributed by atoms with Gasteiger partial charge in [0.2, 0.25) is 0 Å². The molecule has 0 N–H and O–H groups in total. The molecule has 5 heteroatoms.